The maximum absolute atomic E-state index is 11.6. The fraction of sp³-hybridized carbons (Fsp3) is 0.500. The van der Waals surface area contributed by atoms with Gasteiger partial charge in [0.15, 0.2) is 11.6 Å². The lowest BCUT2D eigenvalue weighted by molar-refractivity contribution is -0.129. The van der Waals surface area contributed by atoms with Crippen molar-refractivity contribution >= 4 is 11.6 Å². The Balaban J connectivity index is 2.35. The van der Waals surface area contributed by atoms with Gasteiger partial charge in [0, 0.05) is 11.8 Å². The van der Waals surface area contributed by atoms with Gasteiger partial charge in [-0.3, -0.25) is 9.59 Å². The SMILES string of the molecule is CC1=C(C)C[C@H]2C(=O)C=CC(=O)[C@@H]2C1. The van der Waals surface area contributed by atoms with Gasteiger partial charge in [-0.05, 0) is 38.8 Å². The van der Waals surface area contributed by atoms with Gasteiger partial charge in [0.05, 0.1) is 0 Å². The third-order valence-corrected chi connectivity index (χ3v) is 3.41. The molecule has 0 aliphatic heterocycles. The second kappa shape index (κ2) is 3.19. The van der Waals surface area contributed by atoms with Crippen molar-refractivity contribution in [2.45, 2.75) is 26.7 Å². The molecule has 2 nitrogen and oxygen atoms in total. The summed E-state index contributed by atoms with van der Waals surface area (Å²) in [6, 6.07) is 0. The Labute approximate surface area is 83.7 Å². The molecule has 0 aromatic heterocycles. The molecule has 0 heterocycles. The Hall–Kier alpha value is -1.18. The van der Waals surface area contributed by atoms with E-state index in [9.17, 15) is 9.59 Å². The third kappa shape index (κ3) is 1.35. The molecule has 0 aromatic rings. The second-order valence-electron chi connectivity index (χ2n) is 4.32. The van der Waals surface area contributed by atoms with E-state index in [1.165, 1.54) is 23.3 Å². The molecular formula is C12H14O2. The zero-order chi connectivity index (χ0) is 10.3. The average Bonchev–Trinajstić information content (AvgIpc) is 2.15. The number of rotatable bonds is 0. The van der Waals surface area contributed by atoms with Crippen molar-refractivity contribution in [2.24, 2.45) is 11.8 Å². The van der Waals surface area contributed by atoms with Crippen LogP contribution < -0.4 is 0 Å². The summed E-state index contributed by atoms with van der Waals surface area (Å²) in [6.45, 7) is 4.11. The van der Waals surface area contributed by atoms with Gasteiger partial charge in [-0.25, -0.2) is 0 Å². The van der Waals surface area contributed by atoms with E-state index in [2.05, 4.69) is 13.8 Å². The molecule has 0 N–H and O–H groups in total. The Morgan fingerprint density at radius 3 is 1.64 bits per heavy atom. The fourth-order valence-electron chi connectivity index (χ4n) is 2.30. The molecule has 2 aliphatic carbocycles. The molecule has 0 saturated carbocycles. The molecule has 0 saturated heterocycles. The number of hydrogen-bond acceptors (Lipinski definition) is 2. The molecule has 0 unspecified atom stereocenters. The molecule has 2 heteroatoms. The first-order chi connectivity index (χ1) is 6.59. The highest BCUT2D eigenvalue weighted by Crippen LogP contribution is 2.37. The van der Waals surface area contributed by atoms with Crippen LogP contribution in [-0.4, -0.2) is 11.6 Å². The third-order valence-electron chi connectivity index (χ3n) is 3.41. The lowest BCUT2D eigenvalue weighted by atomic mass is 9.70. The van der Waals surface area contributed by atoms with Crippen LogP contribution in [0, 0.1) is 11.8 Å². The maximum Gasteiger partial charge on any atom is 0.159 e. The van der Waals surface area contributed by atoms with Gasteiger partial charge >= 0.3 is 0 Å². The first-order valence-electron chi connectivity index (χ1n) is 5.00. The number of allylic oxidation sites excluding steroid dienone is 4. The smallest absolute Gasteiger partial charge is 0.159 e. The zero-order valence-electron chi connectivity index (χ0n) is 8.54. The normalized spacial score (nSPS) is 32.1. The standard InChI is InChI=1S/C12H14O2/c1-7-5-9-10(6-8(7)2)12(14)4-3-11(9)13/h3-4,9-10H,5-6H2,1-2H3/t9-,10-/m1/s1. The summed E-state index contributed by atoms with van der Waals surface area (Å²) in [5, 5.41) is 0. The lowest BCUT2D eigenvalue weighted by Gasteiger charge is -2.31. The molecule has 2 aliphatic rings. The van der Waals surface area contributed by atoms with Crippen LogP contribution in [0.4, 0.5) is 0 Å². The van der Waals surface area contributed by atoms with Crippen LogP contribution in [0.5, 0.6) is 0 Å². The van der Waals surface area contributed by atoms with Crippen LogP contribution >= 0.6 is 0 Å². The summed E-state index contributed by atoms with van der Waals surface area (Å²) < 4.78 is 0. The van der Waals surface area contributed by atoms with Crippen LogP contribution in [0.25, 0.3) is 0 Å². The maximum atomic E-state index is 11.6. The molecule has 74 valence electrons. The van der Waals surface area contributed by atoms with E-state index in [1.54, 1.807) is 0 Å². The van der Waals surface area contributed by atoms with Crippen molar-refractivity contribution < 1.29 is 9.59 Å². The highest BCUT2D eigenvalue weighted by atomic mass is 16.1. The van der Waals surface area contributed by atoms with Gasteiger partial charge < -0.3 is 0 Å². The summed E-state index contributed by atoms with van der Waals surface area (Å²) in [4.78, 5) is 23.1. The minimum Gasteiger partial charge on any atom is -0.295 e. The molecule has 2 atom stereocenters. The Kier molecular flexibility index (Phi) is 2.14. The number of carbonyl (C=O) groups excluding carboxylic acids is 2. The minimum absolute atomic E-state index is 0.0730. The van der Waals surface area contributed by atoms with Gasteiger partial charge in [-0.1, -0.05) is 11.1 Å². The van der Waals surface area contributed by atoms with Gasteiger partial charge in [0.2, 0.25) is 0 Å². The van der Waals surface area contributed by atoms with E-state index in [0.29, 0.717) is 0 Å². The van der Waals surface area contributed by atoms with Crippen molar-refractivity contribution in [2.75, 3.05) is 0 Å². The predicted octanol–water partition coefficient (Wildman–Crippen LogP) is 2.06. The van der Waals surface area contributed by atoms with Gasteiger partial charge in [0.25, 0.3) is 0 Å². The Bertz CT molecular complexity index is 327. The minimum atomic E-state index is -0.0730. The van der Waals surface area contributed by atoms with Gasteiger partial charge in [-0.2, -0.15) is 0 Å². The van der Waals surface area contributed by atoms with Crippen LogP contribution in [0.1, 0.15) is 26.7 Å². The van der Waals surface area contributed by atoms with Crippen molar-refractivity contribution in [3.05, 3.63) is 23.3 Å². The number of hydrogen-bond donors (Lipinski definition) is 0. The largest absolute Gasteiger partial charge is 0.295 e. The van der Waals surface area contributed by atoms with Crippen molar-refractivity contribution in [1.82, 2.24) is 0 Å². The van der Waals surface area contributed by atoms with E-state index in [-0.39, 0.29) is 23.4 Å². The number of fused-ring (bicyclic) bond motifs is 1. The van der Waals surface area contributed by atoms with Crippen molar-refractivity contribution in [1.29, 1.82) is 0 Å². The molecule has 0 bridgehead atoms. The molecule has 0 fully saturated rings. The van der Waals surface area contributed by atoms with E-state index in [0.717, 1.165) is 12.8 Å². The van der Waals surface area contributed by atoms with Crippen LogP contribution in [-0.2, 0) is 9.59 Å². The first kappa shape index (κ1) is 9.38. The average molecular weight is 190 g/mol. The Morgan fingerprint density at radius 1 is 0.929 bits per heavy atom. The lowest BCUT2D eigenvalue weighted by Crippen LogP contribution is -2.34. The number of carbonyl (C=O) groups is 2. The molecule has 0 spiro atoms. The summed E-state index contributed by atoms with van der Waals surface area (Å²) in [6.07, 6.45) is 4.42. The zero-order valence-corrected chi connectivity index (χ0v) is 8.54. The molecule has 2 rings (SSSR count). The molecule has 14 heavy (non-hydrogen) atoms. The quantitative estimate of drug-likeness (QED) is 0.548. The molecule has 0 radical (unpaired) electrons. The monoisotopic (exact) mass is 190 g/mol. The summed E-state index contributed by atoms with van der Waals surface area (Å²) in [5.74, 6) is 0.107. The first-order valence-corrected chi connectivity index (χ1v) is 5.00. The Morgan fingerprint density at radius 2 is 1.29 bits per heavy atom. The van der Waals surface area contributed by atoms with E-state index < -0.39 is 0 Å². The predicted molar refractivity (Wildman–Crippen MR) is 53.7 cm³/mol. The summed E-state index contributed by atoms with van der Waals surface area (Å²) in [5.41, 5.74) is 2.56. The molecule has 0 aromatic carbocycles. The van der Waals surface area contributed by atoms with Gasteiger partial charge in [-0.15, -0.1) is 0 Å². The molecule has 0 amide bonds. The fourth-order valence-corrected chi connectivity index (χ4v) is 2.30. The van der Waals surface area contributed by atoms with E-state index >= 15 is 0 Å². The van der Waals surface area contributed by atoms with E-state index in [1.807, 2.05) is 0 Å². The highest BCUT2D eigenvalue weighted by molar-refractivity contribution is 6.07. The second-order valence-corrected chi connectivity index (χ2v) is 4.32. The van der Waals surface area contributed by atoms with Crippen LogP contribution in [0.15, 0.2) is 23.3 Å². The van der Waals surface area contributed by atoms with Crippen molar-refractivity contribution in [3.8, 4) is 0 Å². The van der Waals surface area contributed by atoms with Gasteiger partial charge in [0.1, 0.15) is 0 Å². The van der Waals surface area contributed by atoms with Crippen LogP contribution in [0.2, 0.25) is 0 Å². The summed E-state index contributed by atoms with van der Waals surface area (Å²) >= 11 is 0. The summed E-state index contributed by atoms with van der Waals surface area (Å²) in [7, 11) is 0. The topological polar surface area (TPSA) is 34.1 Å². The van der Waals surface area contributed by atoms with Crippen LogP contribution in [0.3, 0.4) is 0 Å². The number of ketones is 2. The highest BCUT2D eigenvalue weighted by Gasteiger charge is 2.37. The molecular weight excluding hydrogens is 176 g/mol. The van der Waals surface area contributed by atoms with E-state index in [4.69, 9.17) is 0 Å². The van der Waals surface area contributed by atoms with Crippen molar-refractivity contribution in [3.63, 3.8) is 0 Å².